The fraction of sp³-hybridized carbons (Fsp3) is 0.455. The number of carbonyl (C=O) groups excluding carboxylic acids is 2. The van der Waals surface area contributed by atoms with E-state index in [1.54, 1.807) is 11.9 Å². The Kier molecular flexibility index (Phi) is 7.34. The molecule has 6 nitrogen and oxygen atoms in total. The third-order valence-electron chi connectivity index (χ3n) is 5.25. The first-order chi connectivity index (χ1) is 14.0. The molecule has 1 fully saturated rings. The number of nitrogens with zero attached hydrogens (tertiary/aromatic N) is 1. The molecule has 156 valence electrons. The summed E-state index contributed by atoms with van der Waals surface area (Å²) in [5.74, 6) is 1.26. The first-order valence-corrected chi connectivity index (χ1v) is 10.4. The van der Waals surface area contributed by atoms with Gasteiger partial charge in [0.25, 0.3) is 5.91 Å². The molecule has 7 heteroatoms. The van der Waals surface area contributed by atoms with Crippen LogP contribution in [0.15, 0.2) is 40.8 Å². The number of rotatable bonds is 7. The molecule has 1 amide bonds. The Morgan fingerprint density at radius 2 is 2.00 bits per heavy atom. The third-order valence-corrected chi connectivity index (χ3v) is 5.50. The molecule has 1 aliphatic heterocycles. The average molecular weight is 420 g/mol. The normalized spacial score (nSPS) is 19.0. The minimum Gasteiger partial charge on any atom is -0.466 e. The zero-order chi connectivity index (χ0) is 20.8. The van der Waals surface area contributed by atoms with E-state index in [1.165, 1.54) is 0 Å². The van der Waals surface area contributed by atoms with Gasteiger partial charge < -0.3 is 19.0 Å². The summed E-state index contributed by atoms with van der Waals surface area (Å²) in [5.41, 5.74) is 0.942. The third kappa shape index (κ3) is 5.84. The maximum atomic E-state index is 12.7. The molecule has 29 heavy (non-hydrogen) atoms. The summed E-state index contributed by atoms with van der Waals surface area (Å²) in [6.07, 6.45) is 1.77. The van der Waals surface area contributed by atoms with Crippen molar-refractivity contribution in [3.8, 4) is 11.3 Å². The number of hydrogen-bond donors (Lipinski definition) is 1. The number of likely N-dealkylation sites (tertiary alicyclic amines) is 1. The largest absolute Gasteiger partial charge is 0.466 e. The molecule has 1 N–H and O–H groups in total. The number of nitrogens with one attached hydrogen (secondary N) is 1. The van der Waals surface area contributed by atoms with Gasteiger partial charge in [0, 0.05) is 17.6 Å². The lowest BCUT2D eigenvalue weighted by Gasteiger charge is -2.29. The summed E-state index contributed by atoms with van der Waals surface area (Å²) in [4.78, 5) is 27.5. The Morgan fingerprint density at radius 3 is 2.72 bits per heavy atom. The van der Waals surface area contributed by atoms with E-state index in [1.807, 2.05) is 43.3 Å². The average Bonchev–Trinajstić information content (AvgIpc) is 3.17. The standard InChI is InChI=1S/C22H27ClN2O4/c1-3-28-22(27)17-5-4-12-25(13-17)15-21(26)24(2)14-19-10-11-20(29-19)16-6-8-18(23)9-7-16/h6-11,17H,3-5,12-15H2,1-2H3/p+1/t17-/m1/s1. The van der Waals surface area contributed by atoms with Crippen LogP contribution in [0.1, 0.15) is 25.5 Å². The highest BCUT2D eigenvalue weighted by Gasteiger charge is 2.31. The van der Waals surface area contributed by atoms with Crippen molar-refractivity contribution in [2.45, 2.75) is 26.3 Å². The monoisotopic (exact) mass is 419 g/mol. The molecule has 0 spiro atoms. The SMILES string of the molecule is CCOC(=O)[C@@H]1CCC[NH+](CC(=O)N(C)Cc2ccc(-c3ccc(Cl)cc3)o2)C1. The van der Waals surface area contributed by atoms with Gasteiger partial charge in [-0.05, 0) is 56.2 Å². The number of amides is 1. The molecular weight excluding hydrogens is 392 g/mol. The van der Waals surface area contributed by atoms with Crippen LogP contribution in [0, 0.1) is 5.92 Å². The fourth-order valence-electron chi connectivity index (χ4n) is 3.68. The van der Waals surface area contributed by atoms with Gasteiger partial charge in [-0.15, -0.1) is 0 Å². The first kappa shape index (κ1) is 21.4. The van der Waals surface area contributed by atoms with Crippen molar-refractivity contribution in [2.75, 3.05) is 33.3 Å². The van der Waals surface area contributed by atoms with Crippen LogP contribution in [-0.2, 0) is 20.9 Å². The van der Waals surface area contributed by atoms with E-state index in [9.17, 15) is 9.59 Å². The van der Waals surface area contributed by atoms with Crippen LogP contribution in [0.2, 0.25) is 5.02 Å². The summed E-state index contributed by atoms with van der Waals surface area (Å²) < 4.78 is 11.0. The molecule has 1 saturated heterocycles. The Labute approximate surface area is 176 Å². The molecule has 0 aliphatic carbocycles. The van der Waals surface area contributed by atoms with Gasteiger partial charge in [-0.25, -0.2) is 0 Å². The molecule has 0 bridgehead atoms. The Morgan fingerprint density at radius 1 is 1.24 bits per heavy atom. The number of halogens is 1. The summed E-state index contributed by atoms with van der Waals surface area (Å²) in [5, 5.41) is 0.677. The van der Waals surface area contributed by atoms with E-state index in [0.29, 0.717) is 31.3 Å². The first-order valence-electron chi connectivity index (χ1n) is 10.0. The fourth-order valence-corrected chi connectivity index (χ4v) is 3.80. The van der Waals surface area contributed by atoms with E-state index >= 15 is 0 Å². The van der Waals surface area contributed by atoms with Gasteiger partial charge in [0.1, 0.15) is 17.4 Å². The van der Waals surface area contributed by atoms with Crippen LogP contribution in [0.3, 0.4) is 0 Å². The van der Waals surface area contributed by atoms with Crippen molar-refractivity contribution in [1.29, 1.82) is 0 Å². The van der Waals surface area contributed by atoms with Gasteiger partial charge >= 0.3 is 5.97 Å². The predicted molar refractivity (Wildman–Crippen MR) is 111 cm³/mol. The molecule has 2 heterocycles. The molecule has 0 saturated carbocycles. The Balaban J connectivity index is 1.53. The van der Waals surface area contributed by atoms with Crippen LogP contribution in [0.25, 0.3) is 11.3 Å². The molecule has 1 aromatic carbocycles. The zero-order valence-electron chi connectivity index (χ0n) is 16.9. The summed E-state index contributed by atoms with van der Waals surface area (Å²) in [6, 6.07) is 11.2. The lowest BCUT2D eigenvalue weighted by atomic mass is 9.98. The van der Waals surface area contributed by atoms with Crippen molar-refractivity contribution in [2.24, 2.45) is 5.92 Å². The van der Waals surface area contributed by atoms with Gasteiger partial charge in [-0.2, -0.15) is 0 Å². The van der Waals surface area contributed by atoms with E-state index in [0.717, 1.165) is 41.4 Å². The predicted octanol–water partition coefficient (Wildman–Crippen LogP) is 2.42. The molecule has 2 atom stereocenters. The number of benzene rings is 1. The van der Waals surface area contributed by atoms with Crippen LogP contribution in [-0.4, -0.2) is 50.1 Å². The zero-order valence-corrected chi connectivity index (χ0v) is 17.7. The van der Waals surface area contributed by atoms with Crippen molar-refractivity contribution >= 4 is 23.5 Å². The lowest BCUT2D eigenvalue weighted by Crippen LogP contribution is -3.14. The number of furan rings is 1. The second-order valence-corrected chi connectivity index (χ2v) is 7.93. The topological polar surface area (TPSA) is 64.2 Å². The minimum absolute atomic E-state index is 0.0361. The highest BCUT2D eigenvalue weighted by atomic mass is 35.5. The van der Waals surface area contributed by atoms with Gasteiger partial charge in [-0.1, -0.05) is 11.6 Å². The maximum Gasteiger partial charge on any atom is 0.314 e. The smallest absolute Gasteiger partial charge is 0.314 e. The summed E-state index contributed by atoms with van der Waals surface area (Å²) in [6.45, 7) is 4.54. The van der Waals surface area contributed by atoms with Gasteiger partial charge in [0.15, 0.2) is 6.54 Å². The summed E-state index contributed by atoms with van der Waals surface area (Å²) in [7, 11) is 1.78. The lowest BCUT2D eigenvalue weighted by molar-refractivity contribution is -0.899. The van der Waals surface area contributed by atoms with Crippen LogP contribution in [0.4, 0.5) is 0 Å². The van der Waals surface area contributed by atoms with E-state index in [4.69, 9.17) is 20.8 Å². The number of carbonyl (C=O) groups is 2. The van der Waals surface area contributed by atoms with Crippen molar-refractivity contribution in [3.05, 3.63) is 47.2 Å². The van der Waals surface area contributed by atoms with E-state index < -0.39 is 0 Å². The maximum absolute atomic E-state index is 12.7. The molecule has 3 rings (SSSR count). The second-order valence-electron chi connectivity index (χ2n) is 7.49. The van der Waals surface area contributed by atoms with Crippen molar-refractivity contribution in [3.63, 3.8) is 0 Å². The molecule has 1 aliphatic rings. The summed E-state index contributed by atoms with van der Waals surface area (Å²) >= 11 is 5.93. The van der Waals surface area contributed by atoms with Gasteiger partial charge in [0.2, 0.25) is 0 Å². The molecule has 1 unspecified atom stereocenters. The molecule has 2 aromatic rings. The highest BCUT2D eigenvalue weighted by molar-refractivity contribution is 6.30. The molecule has 0 radical (unpaired) electrons. The number of ether oxygens (including phenoxy) is 1. The number of likely N-dealkylation sites (N-methyl/N-ethyl adjacent to an activating group) is 1. The quantitative estimate of drug-likeness (QED) is 0.700. The highest BCUT2D eigenvalue weighted by Crippen LogP contribution is 2.24. The second kappa shape index (κ2) is 9.94. The molecule has 1 aromatic heterocycles. The van der Waals surface area contributed by atoms with Crippen LogP contribution >= 0.6 is 11.6 Å². The van der Waals surface area contributed by atoms with Gasteiger partial charge in [-0.3, -0.25) is 9.59 Å². The van der Waals surface area contributed by atoms with Gasteiger partial charge in [0.05, 0.1) is 26.2 Å². The van der Waals surface area contributed by atoms with Crippen molar-refractivity contribution in [1.82, 2.24) is 4.90 Å². The van der Waals surface area contributed by atoms with Crippen molar-refractivity contribution < 1.29 is 23.6 Å². The van der Waals surface area contributed by atoms with Crippen LogP contribution in [0.5, 0.6) is 0 Å². The van der Waals surface area contributed by atoms with Crippen LogP contribution < -0.4 is 4.90 Å². The number of esters is 1. The molecular formula is C22H28ClN2O4+. The minimum atomic E-state index is -0.143. The number of piperidine rings is 1. The number of quaternary nitrogens is 1. The number of hydrogen-bond acceptors (Lipinski definition) is 4. The van der Waals surface area contributed by atoms with E-state index in [-0.39, 0.29) is 17.8 Å². The van der Waals surface area contributed by atoms with E-state index in [2.05, 4.69) is 0 Å². The Hall–Kier alpha value is -2.31. The Bertz CT molecular complexity index is 834.